The van der Waals surface area contributed by atoms with Gasteiger partial charge in [0, 0.05) is 12.5 Å². The van der Waals surface area contributed by atoms with E-state index >= 15 is 0 Å². The minimum Gasteiger partial charge on any atom is -0.453 e. The van der Waals surface area contributed by atoms with E-state index < -0.39 is 17.1 Å². The quantitative estimate of drug-likeness (QED) is 0.602. The van der Waals surface area contributed by atoms with Crippen molar-refractivity contribution >= 4 is 11.9 Å². The molecule has 0 aromatic carbocycles. The van der Waals surface area contributed by atoms with Crippen LogP contribution in [0, 0.1) is 17.8 Å². The second kappa shape index (κ2) is 4.83. The molecule has 0 unspecified atom stereocenters. The molecule has 0 bridgehead atoms. The lowest BCUT2D eigenvalue weighted by molar-refractivity contribution is -0.230. The number of allylic oxidation sites excluding steroid dienone is 2. The van der Waals surface area contributed by atoms with Crippen LogP contribution in [0.3, 0.4) is 0 Å². The van der Waals surface area contributed by atoms with Crippen molar-refractivity contribution in [1.82, 2.24) is 5.32 Å². The van der Waals surface area contributed by atoms with E-state index in [0.29, 0.717) is 6.42 Å². The average Bonchev–Trinajstić information content (AvgIpc) is 2.65. The van der Waals surface area contributed by atoms with Crippen molar-refractivity contribution in [1.29, 1.82) is 0 Å². The van der Waals surface area contributed by atoms with E-state index in [1.54, 1.807) is 0 Å². The van der Waals surface area contributed by atoms with Crippen LogP contribution in [0.15, 0.2) is 12.2 Å². The summed E-state index contributed by atoms with van der Waals surface area (Å²) in [6.45, 7) is 3.77. The predicted molar refractivity (Wildman–Crippen MR) is 76.2 cm³/mol. The summed E-state index contributed by atoms with van der Waals surface area (Å²) in [6.07, 6.45) is 7.87. The number of carbonyl (C=O) groups is 2. The van der Waals surface area contributed by atoms with E-state index in [2.05, 4.69) is 17.5 Å². The van der Waals surface area contributed by atoms with Crippen LogP contribution in [0.1, 0.15) is 39.5 Å². The Kier molecular flexibility index (Phi) is 3.35. The molecule has 116 valence electrons. The molecule has 0 spiro atoms. The van der Waals surface area contributed by atoms with Crippen molar-refractivity contribution in [3.8, 4) is 0 Å². The maximum Gasteiger partial charge on any atom is 0.337 e. The van der Waals surface area contributed by atoms with E-state index in [0.717, 1.165) is 19.3 Å². The summed E-state index contributed by atoms with van der Waals surface area (Å²) in [5.74, 6) is -0.698. The van der Waals surface area contributed by atoms with Crippen LogP contribution >= 0.6 is 0 Å². The van der Waals surface area contributed by atoms with Gasteiger partial charge in [-0.2, -0.15) is 0 Å². The van der Waals surface area contributed by atoms with Gasteiger partial charge < -0.3 is 15.2 Å². The topological polar surface area (TPSA) is 75.6 Å². The third-order valence-corrected chi connectivity index (χ3v) is 5.75. The monoisotopic (exact) mass is 293 g/mol. The molecule has 2 heterocycles. The number of aliphatic hydroxyl groups is 1. The number of amides is 1. The van der Waals surface area contributed by atoms with Crippen molar-refractivity contribution < 1.29 is 19.4 Å². The summed E-state index contributed by atoms with van der Waals surface area (Å²) in [6, 6.07) is 0. The Bertz CT molecular complexity index is 503. The van der Waals surface area contributed by atoms with Gasteiger partial charge in [0.05, 0.1) is 5.92 Å². The van der Waals surface area contributed by atoms with Crippen LogP contribution in [-0.4, -0.2) is 34.7 Å². The standard InChI is InChI=1S/C16H23NO4/c1-10(11-6-4-3-5-7-11)16-14(20)21-15(16,2)12(8-9-18)13(19)17-16/h4,6,10-12,18H,3,5,7-9H2,1-2H3,(H,17,19)/t10-,11-,12+,15+,16+/m1/s1. The van der Waals surface area contributed by atoms with E-state index in [1.165, 1.54) is 0 Å². The maximum atomic E-state index is 12.3. The van der Waals surface area contributed by atoms with Crippen LogP contribution in [-0.2, 0) is 14.3 Å². The van der Waals surface area contributed by atoms with Gasteiger partial charge in [0.1, 0.15) is 0 Å². The Labute approximate surface area is 124 Å². The summed E-state index contributed by atoms with van der Waals surface area (Å²) in [7, 11) is 0. The molecule has 0 aromatic rings. The van der Waals surface area contributed by atoms with Gasteiger partial charge >= 0.3 is 5.97 Å². The molecular weight excluding hydrogens is 270 g/mol. The van der Waals surface area contributed by atoms with E-state index in [9.17, 15) is 14.7 Å². The molecule has 5 atom stereocenters. The highest BCUT2D eigenvalue weighted by Gasteiger charge is 2.78. The zero-order valence-corrected chi connectivity index (χ0v) is 12.6. The number of carbonyl (C=O) groups excluding carboxylic acids is 2. The summed E-state index contributed by atoms with van der Waals surface area (Å²) >= 11 is 0. The van der Waals surface area contributed by atoms with E-state index in [4.69, 9.17) is 4.74 Å². The first-order valence-electron chi connectivity index (χ1n) is 7.80. The first-order valence-corrected chi connectivity index (χ1v) is 7.80. The number of hydrogen-bond acceptors (Lipinski definition) is 4. The third-order valence-electron chi connectivity index (χ3n) is 5.75. The fraction of sp³-hybridized carbons (Fsp3) is 0.750. The van der Waals surface area contributed by atoms with Crippen LogP contribution in [0.5, 0.6) is 0 Å². The highest BCUT2D eigenvalue weighted by molar-refractivity contribution is 6.01. The largest absolute Gasteiger partial charge is 0.453 e. The number of fused-ring (bicyclic) bond motifs is 1. The summed E-state index contributed by atoms with van der Waals surface area (Å²) in [5, 5.41) is 12.1. The van der Waals surface area contributed by atoms with Crippen molar-refractivity contribution in [2.45, 2.75) is 50.7 Å². The second-order valence-corrected chi connectivity index (χ2v) is 6.67. The average molecular weight is 293 g/mol. The first kappa shape index (κ1) is 14.6. The Morgan fingerprint density at radius 1 is 1.52 bits per heavy atom. The van der Waals surface area contributed by atoms with Gasteiger partial charge in [0.2, 0.25) is 5.91 Å². The molecule has 21 heavy (non-hydrogen) atoms. The van der Waals surface area contributed by atoms with Gasteiger partial charge in [0.15, 0.2) is 11.1 Å². The van der Waals surface area contributed by atoms with E-state index in [-0.39, 0.29) is 30.3 Å². The molecule has 0 saturated carbocycles. The lowest BCUT2D eigenvalue weighted by Crippen LogP contribution is -2.77. The van der Waals surface area contributed by atoms with Crippen molar-refractivity contribution in [3.05, 3.63) is 12.2 Å². The van der Waals surface area contributed by atoms with Gasteiger partial charge in [-0.05, 0) is 38.5 Å². The minimum atomic E-state index is -0.934. The zero-order chi connectivity index (χ0) is 15.3. The molecule has 3 rings (SSSR count). The van der Waals surface area contributed by atoms with Crippen molar-refractivity contribution in [2.24, 2.45) is 17.8 Å². The summed E-state index contributed by atoms with van der Waals surface area (Å²) in [4.78, 5) is 24.6. The normalized spacial score (nSPS) is 42.8. The summed E-state index contributed by atoms with van der Waals surface area (Å²) < 4.78 is 5.44. The zero-order valence-electron chi connectivity index (χ0n) is 12.6. The number of aliphatic hydroxyl groups excluding tert-OH is 1. The smallest absolute Gasteiger partial charge is 0.337 e. The number of esters is 1. The number of ether oxygens (including phenoxy) is 1. The van der Waals surface area contributed by atoms with Gasteiger partial charge in [-0.1, -0.05) is 19.1 Å². The lowest BCUT2D eigenvalue weighted by atomic mass is 9.61. The summed E-state index contributed by atoms with van der Waals surface area (Å²) in [5.41, 5.74) is -1.77. The van der Waals surface area contributed by atoms with Crippen LogP contribution in [0.25, 0.3) is 0 Å². The molecule has 2 aliphatic heterocycles. The Morgan fingerprint density at radius 3 is 2.86 bits per heavy atom. The van der Waals surface area contributed by atoms with Crippen LogP contribution in [0.2, 0.25) is 0 Å². The third kappa shape index (κ3) is 1.73. The van der Waals surface area contributed by atoms with Crippen molar-refractivity contribution in [2.75, 3.05) is 6.61 Å². The molecule has 5 heteroatoms. The number of rotatable bonds is 4. The highest BCUT2D eigenvalue weighted by Crippen LogP contribution is 2.55. The Hall–Kier alpha value is -1.36. The van der Waals surface area contributed by atoms with Gasteiger partial charge in [-0.25, -0.2) is 4.79 Å². The van der Waals surface area contributed by atoms with Crippen molar-refractivity contribution in [3.63, 3.8) is 0 Å². The maximum absolute atomic E-state index is 12.3. The molecule has 3 aliphatic rings. The van der Waals surface area contributed by atoms with Gasteiger partial charge in [0.25, 0.3) is 0 Å². The second-order valence-electron chi connectivity index (χ2n) is 6.67. The lowest BCUT2D eigenvalue weighted by Gasteiger charge is -2.55. The Balaban J connectivity index is 1.94. The molecule has 0 aromatic heterocycles. The predicted octanol–water partition coefficient (Wildman–Crippen LogP) is 1.16. The van der Waals surface area contributed by atoms with Crippen LogP contribution in [0.4, 0.5) is 0 Å². The fourth-order valence-electron chi connectivity index (χ4n) is 4.43. The minimum absolute atomic E-state index is 0.00653. The molecule has 2 fully saturated rings. The van der Waals surface area contributed by atoms with Gasteiger partial charge in [-0.3, -0.25) is 4.79 Å². The molecule has 1 amide bonds. The number of nitrogens with one attached hydrogen (secondary N) is 1. The molecule has 1 aliphatic carbocycles. The molecule has 2 N–H and O–H groups in total. The van der Waals surface area contributed by atoms with Crippen LogP contribution < -0.4 is 5.32 Å². The first-order chi connectivity index (χ1) is 9.97. The molecule has 0 radical (unpaired) electrons. The van der Waals surface area contributed by atoms with E-state index in [1.807, 2.05) is 13.8 Å². The highest BCUT2D eigenvalue weighted by atomic mass is 16.6. The molecule has 5 nitrogen and oxygen atoms in total. The number of hydrogen-bond donors (Lipinski definition) is 2. The SMILES string of the molecule is C[C@H]([C@@H]1C=CCCC1)[C@@]12NC(=O)[C@H](CCO)[C@]1(C)OC2=O. The van der Waals surface area contributed by atoms with Gasteiger partial charge in [-0.15, -0.1) is 0 Å². The Morgan fingerprint density at radius 2 is 2.29 bits per heavy atom. The molecular formula is C16H23NO4. The fourth-order valence-corrected chi connectivity index (χ4v) is 4.43. The molecule has 2 saturated heterocycles.